The maximum atomic E-state index is 13.6. The predicted molar refractivity (Wildman–Crippen MR) is 71.3 cm³/mol. The maximum Gasteiger partial charge on any atom is 0.363 e. The van der Waals surface area contributed by atoms with Gasteiger partial charge >= 0.3 is 5.97 Å². The van der Waals surface area contributed by atoms with E-state index in [0.29, 0.717) is 0 Å². The standard InChI is InChI=1S/C14H8FNO2S/c15-11-6-2-1-5-10(11)13-16-12(14(17)18-13)8-9-4-3-7-19-9/h1-8H. The Labute approximate surface area is 112 Å². The van der Waals surface area contributed by atoms with E-state index in [-0.39, 0.29) is 17.2 Å². The molecule has 0 unspecified atom stereocenters. The zero-order valence-electron chi connectivity index (χ0n) is 9.67. The van der Waals surface area contributed by atoms with Crippen molar-refractivity contribution in [2.45, 2.75) is 0 Å². The van der Waals surface area contributed by atoms with Gasteiger partial charge in [-0.3, -0.25) is 0 Å². The number of hydrogen-bond donors (Lipinski definition) is 0. The molecule has 94 valence electrons. The molecule has 0 amide bonds. The fraction of sp³-hybridized carbons (Fsp3) is 0. The average molecular weight is 273 g/mol. The molecule has 0 aliphatic carbocycles. The third kappa shape index (κ3) is 2.32. The van der Waals surface area contributed by atoms with Crippen LogP contribution in [0.1, 0.15) is 10.4 Å². The molecular formula is C14H8FNO2S. The number of benzene rings is 1. The zero-order valence-corrected chi connectivity index (χ0v) is 10.5. The fourth-order valence-corrected chi connectivity index (χ4v) is 2.32. The van der Waals surface area contributed by atoms with Crippen molar-refractivity contribution >= 4 is 29.3 Å². The Morgan fingerprint density at radius 3 is 2.79 bits per heavy atom. The van der Waals surface area contributed by atoms with Crippen LogP contribution in [0.3, 0.4) is 0 Å². The molecule has 3 rings (SSSR count). The van der Waals surface area contributed by atoms with Gasteiger partial charge in [0.15, 0.2) is 5.70 Å². The SMILES string of the molecule is O=C1OC(c2ccccc2F)=NC1=Cc1cccs1. The quantitative estimate of drug-likeness (QED) is 0.622. The Balaban J connectivity index is 1.98. The lowest BCUT2D eigenvalue weighted by atomic mass is 10.2. The van der Waals surface area contributed by atoms with Gasteiger partial charge in [-0.25, -0.2) is 14.2 Å². The number of carbonyl (C=O) groups is 1. The van der Waals surface area contributed by atoms with Gasteiger partial charge < -0.3 is 4.74 Å². The van der Waals surface area contributed by atoms with Crippen LogP contribution in [0.4, 0.5) is 4.39 Å². The molecule has 1 aromatic heterocycles. The number of ether oxygens (including phenoxy) is 1. The van der Waals surface area contributed by atoms with Gasteiger partial charge in [-0.2, -0.15) is 0 Å². The second-order valence-corrected chi connectivity index (χ2v) is 4.81. The van der Waals surface area contributed by atoms with Crippen molar-refractivity contribution in [3.05, 3.63) is 63.7 Å². The molecule has 1 aliphatic rings. The van der Waals surface area contributed by atoms with Crippen molar-refractivity contribution in [3.8, 4) is 0 Å². The highest BCUT2D eigenvalue weighted by Gasteiger charge is 2.25. The molecule has 3 nitrogen and oxygen atoms in total. The summed E-state index contributed by atoms with van der Waals surface area (Å²) >= 11 is 1.48. The molecule has 0 atom stereocenters. The van der Waals surface area contributed by atoms with Crippen molar-refractivity contribution < 1.29 is 13.9 Å². The number of halogens is 1. The number of rotatable bonds is 2. The van der Waals surface area contributed by atoms with Crippen molar-refractivity contribution in [2.24, 2.45) is 4.99 Å². The van der Waals surface area contributed by atoms with E-state index >= 15 is 0 Å². The van der Waals surface area contributed by atoms with Crippen molar-refractivity contribution in [1.29, 1.82) is 0 Å². The monoisotopic (exact) mass is 273 g/mol. The zero-order chi connectivity index (χ0) is 13.2. The minimum atomic E-state index is -0.563. The van der Waals surface area contributed by atoms with Crippen LogP contribution in [0.25, 0.3) is 6.08 Å². The first-order valence-electron chi connectivity index (χ1n) is 5.55. The summed E-state index contributed by atoms with van der Waals surface area (Å²) in [6.07, 6.45) is 1.63. The lowest BCUT2D eigenvalue weighted by Gasteiger charge is -1.99. The highest BCUT2D eigenvalue weighted by atomic mass is 32.1. The summed E-state index contributed by atoms with van der Waals surface area (Å²) in [6, 6.07) is 9.79. The first-order chi connectivity index (χ1) is 9.24. The molecule has 0 N–H and O–H groups in total. The highest BCUT2D eigenvalue weighted by Crippen LogP contribution is 2.22. The number of hydrogen-bond acceptors (Lipinski definition) is 4. The fourth-order valence-electron chi connectivity index (χ4n) is 1.67. The molecule has 1 aliphatic heterocycles. The van der Waals surface area contributed by atoms with E-state index in [4.69, 9.17) is 4.74 Å². The van der Waals surface area contributed by atoms with Crippen molar-refractivity contribution in [1.82, 2.24) is 0 Å². The van der Waals surface area contributed by atoms with Crippen LogP contribution in [0.2, 0.25) is 0 Å². The Morgan fingerprint density at radius 2 is 2.05 bits per heavy atom. The summed E-state index contributed by atoms with van der Waals surface area (Å²) in [5.74, 6) is -1.02. The summed E-state index contributed by atoms with van der Waals surface area (Å²) in [5.41, 5.74) is 0.367. The molecule has 0 saturated carbocycles. The molecule has 2 aromatic rings. The number of esters is 1. The molecule has 0 bridgehead atoms. The van der Waals surface area contributed by atoms with Crippen molar-refractivity contribution in [3.63, 3.8) is 0 Å². The van der Waals surface area contributed by atoms with E-state index in [1.807, 2.05) is 17.5 Å². The van der Waals surface area contributed by atoms with Gasteiger partial charge in [0.2, 0.25) is 5.90 Å². The average Bonchev–Trinajstić information content (AvgIpc) is 3.02. The Bertz CT molecular complexity index is 689. The summed E-state index contributed by atoms with van der Waals surface area (Å²) in [6.45, 7) is 0. The van der Waals surface area contributed by atoms with E-state index in [1.54, 1.807) is 18.2 Å². The molecule has 5 heteroatoms. The second-order valence-electron chi connectivity index (χ2n) is 3.83. The van der Waals surface area contributed by atoms with Crippen LogP contribution in [-0.4, -0.2) is 11.9 Å². The third-order valence-electron chi connectivity index (χ3n) is 2.55. The minimum Gasteiger partial charge on any atom is -0.402 e. The first-order valence-corrected chi connectivity index (χ1v) is 6.43. The van der Waals surface area contributed by atoms with Gasteiger partial charge in [0.05, 0.1) is 5.56 Å². The second kappa shape index (κ2) is 4.78. The van der Waals surface area contributed by atoms with Gasteiger partial charge in [0.25, 0.3) is 0 Å². The summed E-state index contributed by atoms with van der Waals surface area (Å²) in [7, 11) is 0. The molecule has 1 aromatic carbocycles. The largest absolute Gasteiger partial charge is 0.402 e. The highest BCUT2D eigenvalue weighted by molar-refractivity contribution is 7.10. The van der Waals surface area contributed by atoms with Gasteiger partial charge in [0.1, 0.15) is 5.82 Å². The Hall–Kier alpha value is -2.27. The number of thiophene rings is 1. The van der Waals surface area contributed by atoms with Gasteiger partial charge in [-0.05, 0) is 29.7 Å². The Kier molecular flexibility index (Phi) is 2.97. The third-order valence-corrected chi connectivity index (χ3v) is 3.37. The normalized spacial score (nSPS) is 16.6. The topological polar surface area (TPSA) is 38.7 Å². The van der Waals surface area contributed by atoms with Crippen molar-refractivity contribution in [2.75, 3.05) is 0 Å². The van der Waals surface area contributed by atoms with Crippen LogP contribution in [-0.2, 0) is 9.53 Å². The molecule has 0 saturated heterocycles. The van der Waals surface area contributed by atoms with Crippen LogP contribution in [0.5, 0.6) is 0 Å². The molecule has 19 heavy (non-hydrogen) atoms. The molecule has 0 spiro atoms. The lowest BCUT2D eigenvalue weighted by molar-refractivity contribution is -0.129. The van der Waals surface area contributed by atoms with Crippen LogP contribution < -0.4 is 0 Å². The first kappa shape index (κ1) is 11.8. The molecule has 2 heterocycles. The summed E-state index contributed by atoms with van der Waals surface area (Å²) in [5, 5.41) is 1.90. The smallest absolute Gasteiger partial charge is 0.363 e. The lowest BCUT2D eigenvalue weighted by Crippen LogP contribution is -2.07. The number of aliphatic imine (C=N–C) groups is 1. The number of nitrogens with zero attached hydrogens (tertiary/aromatic N) is 1. The molecule has 0 radical (unpaired) electrons. The molecule has 0 fully saturated rings. The van der Waals surface area contributed by atoms with Crippen LogP contribution >= 0.6 is 11.3 Å². The van der Waals surface area contributed by atoms with E-state index in [0.717, 1.165) is 4.88 Å². The van der Waals surface area contributed by atoms with Gasteiger partial charge in [0, 0.05) is 4.88 Å². The minimum absolute atomic E-state index is 0.00547. The summed E-state index contributed by atoms with van der Waals surface area (Å²) in [4.78, 5) is 16.6. The summed E-state index contributed by atoms with van der Waals surface area (Å²) < 4.78 is 18.6. The van der Waals surface area contributed by atoms with Crippen LogP contribution in [0.15, 0.2) is 52.5 Å². The predicted octanol–water partition coefficient (Wildman–Crippen LogP) is 3.23. The van der Waals surface area contributed by atoms with E-state index < -0.39 is 11.8 Å². The van der Waals surface area contributed by atoms with Gasteiger partial charge in [-0.15, -0.1) is 11.3 Å². The number of cyclic esters (lactones) is 1. The Morgan fingerprint density at radius 1 is 1.21 bits per heavy atom. The maximum absolute atomic E-state index is 13.6. The molecular weight excluding hydrogens is 265 g/mol. The van der Waals surface area contributed by atoms with E-state index in [1.165, 1.54) is 23.5 Å². The van der Waals surface area contributed by atoms with Gasteiger partial charge in [-0.1, -0.05) is 18.2 Å². The van der Waals surface area contributed by atoms with Crippen LogP contribution in [0, 0.1) is 5.82 Å². The van der Waals surface area contributed by atoms with E-state index in [9.17, 15) is 9.18 Å². The van der Waals surface area contributed by atoms with E-state index in [2.05, 4.69) is 4.99 Å². The number of carbonyl (C=O) groups excluding carboxylic acids is 1.